The summed E-state index contributed by atoms with van der Waals surface area (Å²) in [6.45, 7) is 0. The summed E-state index contributed by atoms with van der Waals surface area (Å²) < 4.78 is 0. The number of rotatable bonds is 4. The molecule has 0 radical (unpaired) electrons. The SMILES string of the molecule is O=C(c1ccccc1C1CCC1)C(O)C1CC1. The smallest absolute Gasteiger partial charge is 0.191 e. The van der Waals surface area contributed by atoms with Crippen molar-refractivity contribution in [2.75, 3.05) is 0 Å². The summed E-state index contributed by atoms with van der Waals surface area (Å²) in [6, 6.07) is 7.82. The van der Waals surface area contributed by atoms with Crippen LogP contribution in [-0.2, 0) is 0 Å². The molecule has 1 atom stereocenters. The number of carbonyl (C=O) groups is 1. The van der Waals surface area contributed by atoms with Gasteiger partial charge in [0, 0.05) is 5.56 Å². The van der Waals surface area contributed by atoms with Gasteiger partial charge in [0.05, 0.1) is 0 Å². The molecule has 2 aliphatic carbocycles. The van der Waals surface area contributed by atoms with Gasteiger partial charge in [-0.05, 0) is 43.1 Å². The largest absolute Gasteiger partial charge is 0.385 e. The van der Waals surface area contributed by atoms with Crippen molar-refractivity contribution in [2.45, 2.75) is 44.1 Å². The van der Waals surface area contributed by atoms with E-state index in [0.29, 0.717) is 5.92 Å². The van der Waals surface area contributed by atoms with Crippen molar-refractivity contribution in [3.05, 3.63) is 35.4 Å². The standard InChI is InChI=1S/C15H18O2/c16-14(11-8-9-11)15(17)13-7-2-1-6-12(13)10-4-3-5-10/h1-2,6-7,10-11,14,16H,3-5,8-9H2. The first-order valence-electron chi connectivity index (χ1n) is 6.58. The molecular weight excluding hydrogens is 212 g/mol. The first-order valence-corrected chi connectivity index (χ1v) is 6.58. The third kappa shape index (κ3) is 2.02. The molecule has 0 bridgehead atoms. The Morgan fingerprint density at radius 3 is 2.47 bits per heavy atom. The molecule has 0 aliphatic heterocycles. The van der Waals surface area contributed by atoms with Gasteiger partial charge in [-0.25, -0.2) is 0 Å². The van der Waals surface area contributed by atoms with Gasteiger partial charge >= 0.3 is 0 Å². The molecule has 1 unspecified atom stereocenters. The van der Waals surface area contributed by atoms with Gasteiger partial charge in [0.1, 0.15) is 6.10 Å². The van der Waals surface area contributed by atoms with Crippen molar-refractivity contribution in [2.24, 2.45) is 5.92 Å². The number of hydrogen-bond donors (Lipinski definition) is 1. The monoisotopic (exact) mass is 230 g/mol. The Balaban J connectivity index is 1.87. The summed E-state index contributed by atoms with van der Waals surface area (Å²) in [5, 5.41) is 9.96. The predicted molar refractivity (Wildman–Crippen MR) is 66.1 cm³/mol. The zero-order valence-electron chi connectivity index (χ0n) is 9.93. The highest BCUT2D eigenvalue weighted by Gasteiger charge is 2.36. The Bertz CT molecular complexity index is 430. The molecule has 1 aromatic carbocycles. The molecule has 2 heteroatoms. The maximum atomic E-state index is 12.2. The van der Waals surface area contributed by atoms with Crippen molar-refractivity contribution >= 4 is 5.78 Å². The average Bonchev–Trinajstić information content (AvgIpc) is 3.09. The number of Topliss-reactive ketones (excluding diaryl/α,β-unsaturated/α-hetero) is 1. The third-order valence-corrected chi connectivity index (χ3v) is 4.11. The van der Waals surface area contributed by atoms with Crippen LogP contribution in [0.15, 0.2) is 24.3 Å². The third-order valence-electron chi connectivity index (χ3n) is 4.11. The first-order chi connectivity index (χ1) is 8.27. The van der Waals surface area contributed by atoms with Crippen LogP contribution in [0.25, 0.3) is 0 Å². The fourth-order valence-electron chi connectivity index (χ4n) is 2.58. The van der Waals surface area contributed by atoms with E-state index in [1.807, 2.05) is 18.2 Å². The van der Waals surface area contributed by atoms with E-state index in [0.717, 1.165) is 24.0 Å². The lowest BCUT2D eigenvalue weighted by Crippen LogP contribution is -2.25. The molecule has 0 aromatic heterocycles. The number of carbonyl (C=O) groups excluding carboxylic acids is 1. The van der Waals surface area contributed by atoms with Gasteiger partial charge in [-0.1, -0.05) is 30.7 Å². The van der Waals surface area contributed by atoms with E-state index < -0.39 is 6.10 Å². The highest BCUT2D eigenvalue weighted by Crippen LogP contribution is 2.39. The summed E-state index contributed by atoms with van der Waals surface area (Å²) >= 11 is 0. The number of hydrogen-bond acceptors (Lipinski definition) is 2. The molecular formula is C15H18O2. The van der Waals surface area contributed by atoms with Crippen LogP contribution in [0.1, 0.15) is 53.9 Å². The van der Waals surface area contributed by atoms with Crippen molar-refractivity contribution < 1.29 is 9.90 Å². The van der Waals surface area contributed by atoms with E-state index in [9.17, 15) is 9.90 Å². The van der Waals surface area contributed by atoms with Crippen LogP contribution in [0.4, 0.5) is 0 Å². The molecule has 2 saturated carbocycles. The minimum Gasteiger partial charge on any atom is -0.385 e. The van der Waals surface area contributed by atoms with Gasteiger partial charge in [-0.2, -0.15) is 0 Å². The number of aliphatic hydroxyl groups is 1. The lowest BCUT2D eigenvalue weighted by molar-refractivity contribution is 0.0702. The molecule has 3 rings (SSSR count). The van der Waals surface area contributed by atoms with E-state index in [2.05, 4.69) is 6.07 Å². The van der Waals surface area contributed by atoms with Crippen molar-refractivity contribution in [1.82, 2.24) is 0 Å². The predicted octanol–water partition coefficient (Wildman–Crippen LogP) is 2.91. The summed E-state index contributed by atoms with van der Waals surface area (Å²) in [5.74, 6) is 0.702. The molecule has 0 amide bonds. The van der Waals surface area contributed by atoms with E-state index in [1.165, 1.54) is 19.3 Å². The van der Waals surface area contributed by atoms with Gasteiger partial charge < -0.3 is 5.11 Å². The van der Waals surface area contributed by atoms with Gasteiger partial charge in [0.15, 0.2) is 5.78 Å². The second kappa shape index (κ2) is 4.26. The van der Waals surface area contributed by atoms with Crippen LogP contribution in [0.5, 0.6) is 0 Å². The summed E-state index contributed by atoms with van der Waals surface area (Å²) in [7, 11) is 0. The summed E-state index contributed by atoms with van der Waals surface area (Å²) in [6.07, 6.45) is 4.86. The molecule has 2 fully saturated rings. The van der Waals surface area contributed by atoms with Crippen LogP contribution >= 0.6 is 0 Å². The fourth-order valence-corrected chi connectivity index (χ4v) is 2.58. The zero-order valence-corrected chi connectivity index (χ0v) is 9.93. The van der Waals surface area contributed by atoms with Gasteiger partial charge in [0.25, 0.3) is 0 Å². The summed E-state index contributed by atoms with van der Waals surface area (Å²) in [5.41, 5.74) is 1.92. The Morgan fingerprint density at radius 2 is 1.88 bits per heavy atom. The lowest BCUT2D eigenvalue weighted by Gasteiger charge is -2.28. The topological polar surface area (TPSA) is 37.3 Å². The highest BCUT2D eigenvalue weighted by molar-refractivity contribution is 6.01. The van der Waals surface area contributed by atoms with Crippen LogP contribution < -0.4 is 0 Å². The maximum absolute atomic E-state index is 12.2. The van der Waals surface area contributed by atoms with Crippen molar-refractivity contribution in [3.8, 4) is 0 Å². The first kappa shape index (κ1) is 11.0. The van der Waals surface area contributed by atoms with Crippen LogP contribution in [0.2, 0.25) is 0 Å². The minimum absolute atomic E-state index is 0.0602. The van der Waals surface area contributed by atoms with Crippen molar-refractivity contribution in [3.63, 3.8) is 0 Å². The van der Waals surface area contributed by atoms with Crippen molar-refractivity contribution in [1.29, 1.82) is 0 Å². The Morgan fingerprint density at radius 1 is 1.18 bits per heavy atom. The Kier molecular flexibility index (Phi) is 2.75. The van der Waals surface area contributed by atoms with Crippen LogP contribution in [0.3, 0.4) is 0 Å². The average molecular weight is 230 g/mol. The number of aliphatic hydroxyl groups excluding tert-OH is 1. The number of ketones is 1. The molecule has 2 nitrogen and oxygen atoms in total. The molecule has 0 heterocycles. The van der Waals surface area contributed by atoms with E-state index in [-0.39, 0.29) is 11.7 Å². The normalized spacial score (nSPS) is 21.9. The zero-order chi connectivity index (χ0) is 11.8. The molecule has 1 N–H and O–H groups in total. The molecule has 1 aromatic rings. The molecule has 2 aliphatic rings. The van der Waals surface area contributed by atoms with Gasteiger partial charge in [-0.15, -0.1) is 0 Å². The van der Waals surface area contributed by atoms with Crippen LogP contribution in [-0.4, -0.2) is 17.0 Å². The van der Waals surface area contributed by atoms with Crippen LogP contribution in [0, 0.1) is 5.92 Å². The fraction of sp³-hybridized carbons (Fsp3) is 0.533. The number of benzene rings is 1. The molecule has 17 heavy (non-hydrogen) atoms. The second-order valence-corrected chi connectivity index (χ2v) is 5.36. The van der Waals surface area contributed by atoms with Gasteiger partial charge in [0.2, 0.25) is 0 Å². The minimum atomic E-state index is -0.767. The Hall–Kier alpha value is -1.15. The molecule has 0 spiro atoms. The molecule has 90 valence electrons. The maximum Gasteiger partial charge on any atom is 0.191 e. The van der Waals surface area contributed by atoms with Gasteiger partial charge in [-0.3, -0.25) is 4.79 Å². The van der Waals surface area contributed by atoms with E-state index in [1.54, 1.807) is 0 Å². The van der Waals surface area contributed by atoms with E-state index in [4.69, 9.17) is 0 Å². The van der Waals surface area contributed by atoms with E-state index >= 15 is 0 Å². The molecule has 0 saturated heterocycles. The lowest BCUT2D eigenvalue weighted by atomic mass is 9.77. The summed E-state index contributed by atoms with van der Waals surface area (Å²) in [4.78, 5) is 12.2. The Labute approximate surface area is 102 Å². The second-order valence-electron chi connectivity index (χ2n) is 5.36. The highest BCUT2D eigenvalue weighted by atomic mass is 16.3. The quantitative estimate of drug-likeness (QED) is 0.807.